The average molecular weight is 294 g/mol. The highest BCUT2D eigenvalue weighted by atomic mass is 32.2. The van der Waals surface area contributed by atoms with Gasteiger partial charge in [0.1, 0.15) is 5.82 Å². The van der Waals surface area contributed by atoms with Gasteiger partial charge in [-0.3, -0.25) is 4.79 Å². The summed E-state index contributed by atoms with van der Waals surface area (Å²) in [6.45, 7) is 2.16. The van der Waals surface area contributed by atoms with E-state index in [0.717, 1.165) is 5.75 Å². The van der Waals surface area contributed by atoms with Crippen molar-refractivity contribution in [1.82, 2.24) is 4.90 Å². The molecular weight excluding hydrogens is 275 g/mol. The van der Waals surface area contributed by atoms with Crippen molar-refractivity contribution in [3.63, 3.8) is 0 Å². The highest BCUT2D eigenvalue weighted by molar-refractivity contribution is 7.98. The third kappa shape index (κ3) is 4.26. The maximum absolute atomic E-state index is 13.8. The number of benzene rings is 1. The summed E-state index contributed by atoms with van der Waals surface area (Å²) in [7, 11) is 1.68. The van der Waals surface area contributed by atoms with E-state index in [-0.39, 0.29) is 24.1 Å². The number of nitrogens with zero attached hydrogens (tertiary/aromatic N) is 1. The fourth-order valence-electron chi connectivity index (χ4n) is 1.66. The second-order valence-corrected chi connectivity index (χ2v) is 5.33. The molecule has 1 aromatic rings. The number of carbonyl (C=O) groups excluding carboxylic acids is 1. The third-order valence-corrected chi connectivity index (χ3v) is 3.74. The van der Waals surface area contributed by atoms with Crippen LogP contribution < -0.4 is 5.73 Å². The van der Waals surface area contributed by atoms with Crippen LogP contribution in [-0.2, 0) is 0 Å². The number of hydrogen-bond acceptors (Lipinski definition) is 3. The Bertz CT molecular complexity index is 536. The van der Waals surface area contributed by atoms with Gasteiger partial charge < -0.3 is 10.6 Å². The first-order chi connectivity index (χ1) is 9.51. The van der Waals surface area contributed by atoms with Crippen molar-refractivity contribution < 1.29 is 9.18 Å². The molecule has 0 fully saturated rings. The van der Waals surface area contributed by atoms with E-state index >= 15 is 0 Å². The Hall–Kier alpha value is -1.51. The topological polar surface area (TPSA) is 46.3 Å². The number of carbonyl (C=O) groups is 1. The molecule has 2 N–H and O–H groups in total. The monoisotopic (exact) mass is 294 g/mol. The lowest BCUT2D eigenvalue weighted by Gasteiger charge is -2.24. The fraction of sp³-hybridized carbons (Fsp3) is 0.400. The molecule has 0 bridgehead atoms. The Labute approximate surface area is 123 Å². The minimum absolute atomic E-state index is 0.0377. The molecule has 0 saturated carbocycles. The minimum Gasteiger partial charge on any atom is -0.338 e. The molecule has 1 aromatic carbocycles. The number of amides is 1. The van der Waals surface area contributed by atoms with E-state index in [1.165, 1.54) is 12.1 Å². The number of thioether (sulfide) groups is 1. The van der Waals surface area contributed by atoms with Crippen molar-refractivity contribution in [1.29, 1.82) is 0 Å². The highest BCUT2D eigenvalue weighted by Gasteiger charge is 2.20. The van der Waals surface area contributed by atoms with Crippen molar-refractivity contribution >= 4 is 17.7 Å². The second kappa shape index (κ2) is 7.93. The zero-order valence-corrected chi connectivity index (χ0v) is 12.8. The first kappa shape index (κ1) is 16.5. The van der Waals surface area contributed by atoms with Crippen molar-refractivity contribution in [3.8, 4) is 11.8 Å². The molecule has 1 rings (SSSR count). The summed E-state index contributed by atoms with van der Waals surface area (Å²) in [6, 6.07) is 4.32. The zero-order chi connectivity index (χ0) is 15.1. The summed E-state index contributed by atoms with van der Waals surface area (Å²) in [5.41, 5.74) is 5.93. The first-order valence-corrected chi connectivity index (χ1v) is 7.65. The van der Waals surface area contributed by atoms with E-state index in [9.17, 15) is 9.18 Å². The molecule has 1 unspecified atom stereocenters. The molecule has 5 heteroatoms. The van der Waals surface area contributed by atoms with Gasteiger partial charge in [0.05, 0.1) is 12.1 Å². The first-order valence-electron chi connectivity index (χ1n) is 6.25. The summed E-state index contributed by atoms with van der Waals surface area (Å²) >= 11 is 1.65. The van der Waals surface area contributed by atoms with Crippen LogP contribution >= 0.6 is 11.8 Å². The van der Waals surface area contributed by atoms with Gasteiger partial charge >= 0.3 is 0 Å². The lowest BCUT2D eigenvalue weighted by atomic mass is 10.1. The van der Waals surface area contributed by atoms with Gasteiger partial charge in [-0.05, 0) is 31.4 Å². The van der Waals surface area contributed by atoms with E-state index in [4.69, 9.17) is 5.73 Å². The van der Waals surface area contributed by atoms with Crippen molar-refractivity contribution in [2.45, 2.75) is 13.0 Å². The second-order valence-electron chi connectivity index (χ2n) is 4.42. The largest absolute Gasteiger partial charge is 0.338 e. The van der Waals surface area contributed by atoms with Gasteiger partial charge in [0.25, 0.3) is 5.91 Å². The molecule has 1 atom stereocenters. The standard InChI is InChI=1S/C15H19FN2OS/c1-11(10-20-3)18(2)15(19)13-9-12(5-4-8-17)6-7-14(13)16/h6-7,9,11H,8,10,17H2,1-3H3. The van der Waals surface area contributed by atoms with Gasteiger partial charge in [-0.25, -0.2) is 4.39 Å². The maximum Gasteiger partial charge on any atom is 0.256 e. The minimum atomic E-state index is -0.531. The smallest absolute Gasteiger partial charge is 0.256 e. The van der Waals surface area contributed by atoms with E-state index in [0.29, 0.717) is 5.56 Å². The van der Waals surface area contributed by atoms with Crippen molar-refractivity contribution in [2.75, 3.05) is 25.6 Å². The molecule has 0 radical (unpaired) electrons. The van der Waals surface area contributed by atoms with Crippen LogP contribution in [-0.4, -0.2) is 42.4 Å². The van der Waals surface area contributed by atoms with Crippen LogP contribution in [0.3, 0.4) is 0 Å². The Balaban J connectivity index is 3.02. The van der Waals surface area contributed by atoms with Gasteiger partial charge in [-0.1, -0.05) is 11.8 Å². The molecule has 0 spiro atoms. The van der Waals surface area contributed by atoms with E-state index in [1.54, 1.807) is 29.8 Å². The number of rotatable bonds is 4. The molecule has 3 nitrogen and oxygen atoms in total. The van der Waals surface area contributed by atoms with E-state index in [1.807, 2.05) is 13.2 Å². The summed E-state index contributed by atoms with van der Waals surface area (Å²) in [4.78, 5) is 13.9. The fourth-order valence-corrected chi connectivity index (χ4v) is 2.37. The molecule has 0 aliphatic rings. The molecule has 0 aromatic heterocycles. The number of nitrogens with two attached hydrogens (primary N) is 1. The van der Waals surface area contributed by atoms with Crippen LogP contribution in [0.25, 0.3) is 0 Å². The predicted octanol–water partition coefficient (Wildman–Crippen LogP) is 1.96. The maximum atomic E-state index is 13.8. The molecule has 1 amide bonds. The normalized spacial score (nSPS) is 11.4. The van der Waals surface area contributed by atoms with Gasteiger partial charge in [-0.15, -0.1) is 0 Å². The lowest BCUT2D eigenvalue weighted by Crippen LogP contribution is -2.37. The zero-order valence-electron chi connectivity index (χ0n) is 11.9. The molecule has 0 saturated heterocycles. The molecular formula is C15H19FN2OS. The van der Waals surface area contributed by atoms with Crippen molar-refractivity contribution in [3.05, 3.63) is 35.1 Å². The number of halogens is 1. The van der Waals surface area contributed by atoms with Crippen LogP contribution in [0.15, 0.2) is 18.2 Å². The van der Waals surface area contributed by atoms with Gasteiger partial charge in [0, 0.05) is 24.4 Å². The Kier molecular flexibility index (Phi) is 6.56. The van der Waals surface area contributed by atoms with Crippen LogP contribution in [0, 0.1) is 17.7 Å². The van der Waals surface area contributed by atoms with Crippen LogP contribution in [0.4, 0.5) is 4.39 Å². The molecule has 0 heterocycles. The predicted molar refractivity (Wildman–Crippen MR) is 82.3 cm³/mol. The van der Waals surface area contributed by atoms with Gasteiger partial charge in [-0.2, -0.15) is 11.8 Å². The molecule has 0 aliphatic heterocycles. The van der Waals surface area contributed by atoms with Crippen LogP contribution in [0.2, 0.25) is 0 Å². The third-order valence-electron chi connectivity index (χ3n) is 2.92. The van der Waals surface area contributed by atoms with E-state index in [2.05, 4.69) is 11.8 Å². The van der Waals surface area contributed by atoms with E-state index < -0.39 is 5.82 Å². The highest BCUT2D eigenvalue weighted by Crippen LogP contribution is 2.15. The van der Waals surface area contributed by atoms with Crippen molar-refractivity contribution in [2.24, 2.45) is 5.73 Å². The Morgan fingerprint density at radius 3 is 2.85 bits per heavy atom. The van der Waals surface area contributed by atoms with Crippen LogP contribution in [0.5, 0.6) is 0 Å². The Morgan fingerprint density at radius 2 is 2.25 bits per heavy atom. The molecule has 108 valence electrons. The average Bonchev–Trinajstić information content (AvgIpc) is 2.45. The summed E-state index contributed by atoms with van der Waals surface area (Å²) in [6.07, 6.45) is 1.97. The summed E-state index contributed by atoms with van der Waals surface area (Å²) < 4.78 is 13.8. The summed E-state index contributed by atoms with van der Waals surface area (Å²) in [5, 5.41) is 0. The summed E-state index contributed by atoms with van der Waals surface area (Å²) in [5.74, 6) is 5.43. The van der Waals surface area contributed by atoms with Gasteiger partial charge in [0.15, 0.2) is 0 Å². The SMILES string of the molecule is CSCC(C)N(C)C(=O)c1cc(C#CCN)ccc1F. The lowest BCUT2D eigenvalue weighted by molar-refractivity contribution is 0.0753. The number of hydrogen-bond donors (Lipinski definition) is 1. The molecule has 0 aliphatic carbocycles. The van der Waals surface area contributed by atoms with Crippen LogP contribution in [0.1, 0.15) is 22.8 Å². The molecule has 20 heavy (non-hydrogen) atoms. The quantitative estimate of drug-likeness (QED) is 0.864. The van der Waals surface area contributed by atoms with Gasteiger partial charge in [0.2, 0.25) is 0 Å². The Morgan fingerprint density at radius 1 is 1.55 bits per heavy atom.